The number of amides is 3. The summed E-state index contributed by atoms with van der Waals surface area (Å²) >= 11 is 0. The molecule has 5 nitrogen and oxygen atoms in total. The van der Waals surface area contributed by atoms with Crippen LogP contribution in [-0.2, 0) is 17.6 Å². The highest BCUT2D eigenvalue weighted by Gasteiger charge is 2.48. The minimum Gasteiger partial charge on any atom is -0.338 e. The maximum Gasteiger partial charge on any atom is 0.317 e. The Morgan fingerprint density at radius 3 is 2.70 bits per heavy atom. The Labute approximate surface area is 178 Å². The minimum atomic E-state index is -0.0554. The van der Waals surface area contributed by atoms with Crippen molar-refractivity contribution >= 4 is 11.9 Å². The zero-order valence-corrected chi connectivity index (χ0v) is 17.3. The SMILES string of the molecule is O=C(NCCc1ccccc1)N1CCC[C@H]2C(=O)N3CCc4ccccc4[C@@H]3C[C@H]21. The van der Waals surface area contributed by atoms with Crippen molar-refractivity contribution in [1.29, 1.82) is 0 Å². The molecule has 0 unspecified atom stereocenters. The van der Waals surface area contributed by atoms with E-state index >= 15 is 0 Å². The first kappa shape index (κ1) is 19.2. The van der Waals surface area contributed by atoms with E-state index in [4.69, 9.17) is 0 Å². The van der Waals surface area contributed by atoms with E-state index in [1.807, 2.05) is 23.1 Å². The number of hydrogen-bond donors (Lipinski definition) is 1. The molecule has 0 aliphatic carbocycles. The highest BCUT2D eigenvalue weighted by molar-refractivity contribution is 5.83. The lowest BCUT2D eigenvalue weighted by molar-refractivity contribution is -0.148. The molecule has 0 aromatic heterocycles. The number of fused-ring (bicyclic) bond motifs is 4. The van der Waals surface area contributed by atoms with Crippen LogP contribution in [0.25, 0.3) is 0 Å². The van der Waals surface area contributed by atoms with E-state index in [9.17, 15) is 9.59 Å². The zero-order chi connectivity index (χ0) is 20.5. The van der Waals surface area contributed by atoms with Gasteiger partial charge in [0.05, 0.1) is 12.0 Å². The van der Waals surface area contributed by atoms with Crippen molar-refractivity contribution in [2.75, 3.05) is 19.6 Å². The highest BCUT2D eigenvalue weighted by atomic mass is 16.2. The molecule has 2 saturated heterocycles. The first-order valence-corrected chi connectivity index (χ1v) is 11.2. The van der Waals surface area contributed by atoms with Gasteiger partial charge in [-0.1, -0.05) is 54.6 Å². The molecule has 156 valence electrons. The Bertz CT molecular complexity index is 929. The number of nitrogens with zero attached hydrogens (tertiary/aromatic N) is 2. The Hall–Kier alpha value is -2.82. The summed E-state index contributed by atoms with van der Waals surface area (Å²) in [6.45, 7) is 2.15. The molecule has 1 N–H and O–H groups in total. The van der Waals surface area contributed by atoms with Gasteiger partial charge in [-0.3, -0.25) is 4.79 Å². The van der Waals surface area contributed by atoms with Gasteiger partial charge in [0, 0.05) is 25.7 Å². The molecule has 3 aliphatic heterocycles. The summed E-state index contributed by atoms with van der Waals surface area (Å²) in [4.78, 5) is 30.4. The Balaban J connectivity index is 1.31. The second kappa shape index (κ2) is 8.13. The topological polar surface area (TPSA) is 52.7 Å². The molecule has 3 atom stereocenters. The van der Waals surface area contributed by atoms with Crippen LogP contribution in [0.15, 0.2) is 54.6 Å². The average molecular weight is 404 g/mol. The van der Waals surface area contributed by atoms with Crippen LogP contribution < -0.4 is 5.32 Å². The summed E-state index contributed by atoms with van der Waals surface area (Å²) in [6, 6.07) is 18.8. The van der Waals surface area contributed by atoms with Crippen LogP contribution in [0.2, 0.25) is 0 Å². The van der Waals surface area contributed by atoms with Crippen LogP contribution in [0.5, 0.6) is 0 Å². The minimum absolute atomic E-state index is 0.00428. The fourth-order valence-corrected chi connectivity index (χ4v) is 5.56. The summed E-state index contributed by atoms with van der Waals surface area (Å²) in [6.07, 6.45) is 4.38. The molecule has 3 aliphatic rings. The number of hydrogen-bond acceptors (Lipinski definition) is 2. The molecule has 2 aromatic rings. The van der Waals surface area contributed by atoms with E-state index in [-0.39, 0.29) is 29.9 Å². The number of urea groups is 1. The molecule has 0 radical (unpaired) electrons. The van der Waals surface area contributed by atoms with E-state index in [1.165, 1.54) is 16.7 Å². The van der Waals surface area contributed by atoms with Crippen molar-refractivity contribution in [2.45, 2.75) is 44.2 Å². The van der Waals surface area contributed by atoms with Gasteiger partial charge in [-0.05, 0) is 48.8 Å². The largest absolute Gasteiger partial charge is 0.338 e. The molecular formula is C25H29N3O2. The van der Waals surface area contributed by atoms with Crippen molar-refractivity contribution in [1.82, 2.24) is 15.1 Å². The molecule has 0 saturated carbocycles. The van der Waals surface area contributed by atoms with Crippen LogP contribution in [0.4, 0.5) is 4.79 Å². The van der Waals surface area contributed by atoms with E-state index in [0.717, 1.165) is 45.2 Å². The molecule has 2 fully saturated rings. The highest BCUT2D eigenvalue weighted by Crippen LogP contribution is 2.43. The Morgan fingerprint density at radius 1 is 1.03 bits per heavy atom. The van der Waals surface area contributed by atoms with Gasteiger partial charge in [-0.15, -0.1) is 0 Å². The summed E-state index contributed by atoms with van der Waals surface area (Å²) < 4.78 is 0. The smallest absolute Gasteiger partial charge is 0.317 e. The number of carbonyl (C=O) groups is 2. The maximum absolute atomic E-state index is 13.3. The van der Waals surface area contributed by atoms with Crippen LogP contribution in [0.3, 0.4) is 0 Å². The van der Waals surface area contributed by atoms with Gasteiger partial charge in [0.2, 0.25) is 5.91 Å². The number of nitrogens with one attached hydrogen (secondary N) is 1. The van der Waals surface area contributed by atoms with Crippen molar-refractivity contribution < 1.29 is 9.59 Å². The fourth-order valence-electron chi connectivity index (χ4n) is 5.56. The molecule has 3 amide bonds. The monoisotopic (exact) mass is 403 g/mol. The van der Waals surface area contributed by atoms with Crippen molar-refractivity contribution in [3.05, 3.63) is 71.3 Å². The number of likely N-dealkylation sites (tertiary alicyclic amines) is 1. The molecular weight excluding hydrogens is 374 g/mol. The van der Waals surface area contributed by atoms with E-state index < -0.39 is 0 Å². The summed E-state index contributed by atoms with van der Waals surface area (Å²) in [5, 5.41) is 3.10. The quantitative estimate of drug-likeness (QED) is 0.852. The molecule has 2 aromatic carbocycles. The van der Waals surface area contributed by atoms with Crippen molar-refractivity contribution in [3.63, 3.8) is 0 Å². The lowest BCUT2D eigenvalue weighted by Gasteiger charge is -2.51. The van der Waals surface area contributed by atoms with Gasteiger partial charge in [0.1, 0.15) is 0 Å². The third kappa shape index (κ3) is 3.47. The van der Waals surface area contributed by atoms with Gasteiger partial charge in [0.15, 0.2) is 0 Å². The summed E-state index contributed by atoms with van der Waals surface area (Å²) in [5.41, 5.74) is 3.84. The first-order valence-electron chi connectivity index (χ1n) is 11.2. The van der Waals surface area contributed by atoms with Crippen LogP contribution in [0.1, 0.15) is 42.0 Å². The van der Waals surface area contributed by atoms with Gasteiger partial charge >= 0.3 is 6.03 Å². The number of carbonyl (C=O) groups excluding carboxylic acids is 2. The van der Waals surface area contributed by atoms with E-state index in [1.54, 1.807) is 0 Å². The van der Waals surface area contributed by atoms with Crippen molar-refractivity contribution in [3.8, 4) is 0 Å². The lowest BCUT2D eigenvalue weighted by Crippen LogP contribution is -2.61. The molecule has 0 bridgehead atoms. The second-order valence-corrected chi connectivity index (χ2v) is 8.71. The van der Waals surface area contributed by atoms with Gasteiger partial charge < -0.3 is 15.1 Å². The third-order valence-corrected chi connectivity index (χ3v) is 7.05. The van der Waals surface area contributed by atoms with Crippen molar-refractivity contribution in [2.24, 2.45) is 5.92 Å². The second-order valence-electron chi connectivity index (χ2n) is 8.71. The third-order valence-electron chi connectivity index (χ3n) is 7.05. The number of benzene rings is 2. The predicted octanol–water partition coefficient (Wildman–Crippen LogP) is 3.55. The van der Waals surface area contributed by atoms with Crippen LogP contribution in [-0.4, -0.2) is 47.4 Å². The predicted molar refractivity (Wildman–Crippen MR) is 116 cm³/mol. The molecule has 5 heteroatoms. The Kier molecular flexibility index (Phi) is 5.19. The number of rotatable bonds is 3. The molecule has 3 heterocycles. The molecule has 0 spiro atoms. The first-order chi connectivity index (χ1) is 14.7. The zero-order valence-electron chi connectivity index (χ0n) is 17.3. The Morgan fingerprint density at radius 2 is 1.83 bits per heavy atom. The normalized spacial score (nSPS) is 25.2. The molecule has 5 rings (SSSR count). The molecule has 30 heavy (non-hydrogen) atoms. The standard InChI is InChI=1S/C25H29N3O2/c29-24-21-11-6-15-28(25(30)26-14-12-18-7-2-1-3-8-18)23(21)17-22-20-10-5-4-9-19(20)13-16-27(22)24/h1-5,7-10,21-23H,6,11-17H2,(H,26,30)/t21-,22+,23-/m1/s1. The van der Waals surface area contributed by atoms with E-state index in [0.29, 0.717) is 6.54 Å². The number of piperidine rings is 2. The average Bonchev–Trinajstić information content (AvgIpc) is 2.79. The summed E-state index contributed by atoms with van der Waals surface area (Å²) in [7, 11) is 0. The summed E-state index contributed by atoms with van der Waals surface area (Å²) in [5.74, 6) is 0.188. The fraction of sp³-hybridized carbons (Fsp3) is 0.440. The maximum atomic E-state index is 13.3. The van der Waals surface area contributed by atoms with Gasteiger partial charge in [-0.2, -0.15) is 0 Å². The van der Waals surface area contributed by atoms with Crippen LogP contribution in [0, 0.1) is 5.92 Å². The lowest BCUT2D eigenvalue weighted by atomic mass is 9.76. The van der Waals surface area contributed by atoms with E-state index in [2.05, 4.69) is 46.6 Å². The van der Waals surface area contributed by atoms with Gasteiger partial charge in [0.25, 0.3) is 0 Å². The van der Waals surface area contributed by atoms with Gasteiger partial charge in [-0.25, -0.2) is 4.79 Å². The van der Waals surface area contributed by atoms with Crippen LogP contribution >= 0.6 is 0 Å².